The highest BCUT2D eigenvalue weighted by molar-refractivity contribution is 7.16. The first-order chi connectivity index (χ1) is 9.56. The van der Waals surface area contributed by atoms with Crippen molar-refractivity contribution in [3.05, 3.63) is 45.8 Å². The van der Waals surface area contributed by atoms with E-state index in [9.17, 15) is 14.9 Å². The molecule has 0 radical (unpaired) electrons. The Morgan fingerprint density at radius 1 is 1.60 bits per heavy atom. The Labute approximate surface area is 118 Å². The number of fused-ring (bicyclic) bond motifs is 1. The molecule has 0 fully saturated rings. The zero-order valence-electron chi connectivity index (χ0n) is 10.9. The van der Waals surface area contributed by atoms with Gasteiger partial charge in [0.15, 0.2) is 4.80 Å². The normalized spacial score (nSPS) is 11.8. The molecule has 2 rings (SSSR count). The number of hydrogen-bond donors (Lipinski definition) is 0. The number of nitro benzene ring substituents is 1. The summed E-state index contributed by atoms with van der Waals surface area (Å²) < 4.78 is 2.55. The number of non-ortho nitro benzene ring substituents is 1. The van der Waals surface area contributed by atoms with Crippen LogP contribution >= 0.6 is 11.3 Å². The highest BCUT2D eigenvalue weighted by atomic mass is 32.1. The lowest BCUT2D eigenvalue weighted by molar-refractivity contribution is -0.384. The van der Waals surface area contributed by atoms with E-state index in [0.717, 1.165) is 10.2 Å². The standard InChI is InChI=1S/C13H13N3O3S/c1-3-7-15-10-6-5-9(16(18)19)8-11(10)20-13(15)14-12(17)4-2/h3,5-6,8H,1,4,7H2,2H3. The average molecular weight is 291 g/mol. The molecule has 0 bridgehead atoms. The second-order valence-electron chi connectivity index (χ2n) is 4.05. The van der Waals surface area contributed by atoms with Crippen molar-refractivity contribution >= 4 is 33.1 Å². The molecule has 1 heterocycles. The van der Waals surface area contributed by atoms with E-state index in [2.05, 4.69) is 11.6 Å². The molecule has 7 heteroatoms. The first-order valence-corrected chi connectivity index (χ1v) is 6.84. The summed E-state index contributed by atoms with van der Waals surface area (Å²) in [5.74, 6) is -0.219. The molecule has 0 spiro atoms. The van der Waals surface area contributed by atoms with Gasteiger partial charge in [-0.1, -0.05) is 24.3 Å². The molecule has 1 amide bonds. The number of rotatable bonds is 4. The van der Waals surface area contributed by atoms with Gasteiger partial charge in [0, 0.05) is 25.1 Å². The van der Waals surface area contributed by atoms with Crippen molar-refractivity contribution in [2.45, 2.75) is 19.9 Å². The van der Waals surface area contributed by atoms with Crippen molar-refractivity contribution in [2.24, 2.45) is 4.99 Å². The van der Waals surface area contributed by atoms with E-state index in [1.54, 1.807) is 19.1 Å². The summed E-state index contributed by atoms with van der Waals surface area (Å²) in [7, 11) is 0. The molecule has 1 aromatic carbocycles. The predicted octanol–water partition coefficient (Wildman–Crippen LogP) is 2.63. The molecule has 0 aliphatic heterocycles. The van der Waals surface area contributed by atoms with Gasteiger partial charge < -0.3 is 4.57 Å². The Balaban J connectivity index is 2.71. The average Bonchev–Trinajstić information content (AvgIpc) is 2.76. The number of carbonyl (C=O) groups is 1. The van der Waals surface area contributed by atoms with Crippen molar-refractivity contribution in [2.75, 3.05) is 0 Å². The van der Waals surface area contributed by atoms with E-state index in [1.165, 1.54) is 23.5 Å². The minimum Gasteiger partial charge on any atom is -0.312 e. The van der Waals surface area contributed by atoms with Gasteiger partial charge in [0.25, 0.3) is 5.69 Å². The molecule has 6 nitrogen and oxygen atoms in total. The van der Waals surface area contributed by atoms with Crippen molar-refractivity contribution in [1.82, 2.24) is 4.57 Å². The third-order valence-electron chi connectivity index (χ3n) is 2.71. The van der Waals surface area contributed by atoms with Crippen LogP contribution in [-0.2, 0) is 11.3 Å². The number of benzene rings is 1. The Kier molecular flexibility index (Phi) is 4.09. The van der Waals surface area contributed by atoms with Crippen LogP contribution in [0.25, 0.3) is 10.2 Å². The van der Waals surface area contributed by atoms with E-state index in [0.29, 0.717) is 17.8 Å². The van der Waals surface area contributed by atoms with Crippen molar-refractivity contribution in [3.63, 3.8) is 0 Å². The summed E-state index contributed by atoms with van der Waals surface area (Å²) in [6, 6.07) is 4.61. The van der Waals surface area contributed by atoms with E-state index >= 15 is 0 Å². The maximum atomic E-state index is 11.5. The van der Waals surface area contributed by atoms with E-state index < -0.39 is 4.92 Å². The molecule has 104 valence electrons. The van der Waals surface area contributed by atoms with Crippen LogP contribution in [0.2, 0.25) is 0 Å². The second kappa shape index (κ2) is 5.79. The van der Waals surface area contributed by atoms with Crippen LogP contribution in [0.5, 0.6) is 0 Å². The second-order valence-corrected chi connectivity index (χ2v) is 5.06. The van der Waals surface area contributed by atoms with Gasteiger partial charge in [0.05, 0.1) is 15.1 Å². The van der Waals surface area contributed by atoms with E-state index in [-0.39, 0.29) is 11.6 Å². The van der Waals surface area contributed by atoms with Gasteiger partial charge in [-0.15, -0.1) is 6.58 Å². The van der Waals surface area contributed by atoms with Gasteiger partial charge in [-0.25, -0.2) is 0 Å². The number of amides is 1. The lowest BCUT2D eigenvalue weighted by Gasteiger charge is -2.00. The molecule has 0 unspecified atom stereocenters. The fourth-order valence-electron chi connectivity index (χ4n) is 1.75. The molecule has 0 aliphatic carbocycles. The quantitative estimate of drug-likeness (QED) is 0.493. The molecular formula is C13H13N3O3S. The van der Waals surface area contributed by atoms with Gasteiger partial charge in [-0.05, 0) is 6.07 Å². The van der Waals surface area contributed by atoms with Crippen LogP contribution < -0.4 is 4.80 Å². The predicted molar refractivity (Wildman–Crippen MR) is 77.5 cm³/mol. The van der Waals surface area contributed by atoms with Crippen molar-refractivity contribution < 1.29 is 9.72 Å². The van der Waals surface area contributed by atoms with Crippen molar-refractivity contribution in [1.29, 1.82) is 0 Å². The van der Waals surface area contributed by atoms with Crippen LogP contribution in [0.3, 0.4) is 0 Å². The fourth-order valence-corrected chi connectivity index (χ4v) is 2.84. The molecule has 0 N–H and O–H groups in total. The van der Waals surface area contributed by atoms with Crippen molar-refractivity contribution in [3.8, 4) is 0 Å². The number of allylic oxidation sites excluding steroid dienone is 1. The number of carbonyl (C=O) groups excluding carboxylic acids is 1. The molecule has 0 aliphatic rings. The summed E-state index contributed by atoms with van der Waals surface area (Å²) in [5.41, 5.74) is 0.834. The highest BCUT2D eigenvalue weighted by Crippen LogP contribution is 2.23. The smallest absolute Gasteiger partial charge is 0.270 e. The van der Waals surface area contributed by atoms with E-state index in [4.69, 9.17) is 0 Å². The first kappa shape index (κ1) is 14.1. The number of nitro groups is 1. The third kappa shape index (κ3) is 2.67. The summed E-state index contributed by atoms with van der Waals surface area (Å²) in [4.78, 5) is 26.4. The summed E-state index contributed by atoms with van der Waals surface area (Å²) in [6.07, 6.45) is 2.02. The Hall–Kier alpha value is -2.28. The number of aromatic nitrogens is 1. The van der Waals surface area contributed by atoms with Crippen LogP contribution in [0.4, 0.5) is 5.69 Å². The lowest BCUT2D eigenvalue weighted by atomic mass is 10.3. The monoisotopic (exact) mass is 291 g/mol. The van der Waals surface area contributed by atoms with Crippen LogP contribution in [0, 0.1) is 10.1 Å². The number of hydrogen-bond acceptors (Lipinski definition) is 4. The number of nitrogens with zero attached hydrogens (tertiary/aromatic N) is 3. The van der Waals surface area contributed by atoms with E-state index in [1.807, 2.05) is 4.57 Å². The minimum absolute atomic E-state index is 0.0258. The SMILES string of the molecule is C=CCn1c(=NC(=O)CC)sc2cc([N+](=O)[O-])ccc21. The molecule has 0 atom stereocenters. The highest BCUT2D eigenvalue weighted by Gasteiger charge is 2.11. The summed E-state index contributed by atoms with van der Waals surface area (Å²) >= 11 is 1.26. The van der Waals surface area contributed by atoms with Gasteiger partial charge >= 0.3 is 0 Å². The summed E-state index contributed by atoms with van der Waals surface area (Å²) in [5, 5.41) is 10.8. The molecule has 20 heavy (non-hydrogen) atoms. The Morgan fingerprint density at radius 3 is 2.95 bits per heavy atom. The Morgan fingerprint density at radius 2 is 2.35 bits per heavy atom. The minimum atomic E-state index is -0.439. The largest absolute Gasteiger partial charge is 0.312 e. The van der Waals surface area contributed by atoms with Crippen LogP contribution in [0.15, 0.2) is 35.8 Å². The van der Waals surface area contributed by atoms with Gasteiger partial charge in [0.1, 0.15) is 0 Å². The topological polar surface area (TPSA) is 77.5 Å². The molecule has 1 aromatic heterocycles. The molecule has 2 aromatic rings. The summed E-state index contributed by atoms with van der Waals surface area (Å²) in [6.45, 7) is 5.91. The molecule has 0 saturated heterocycles. The maximum absolute atomic E-state index is 11.5. The zero-order chi connectivity index (χ0) is 14.7. The molecular weight excluding hydrogens is 278 g/mol. The van der Waals surface area contributed by atoms with Crippen LogP contribution in [0.1, 0.15) is 13.3 Å². The first-order valence-electron chi connectivity index (χ1n) is 6.03. The van der Waals surface area contributed by atoms with Crippen LogP contribution in [-0.4, -0.2) is 15.4 Å². The van der Waals surface area contributed by atoms with Gasteiger partial charge in [-0.2, -0.15) is 4.99 Å². The zero-order valence-corrected chi connectivity index (χ0v) is 11.7. The number of thiazole rings is 1. The van der Waals surface area contributed by atoms with Gasteiger partial charge in [-0.3, -0.25) is 14.9 Å². The maximum Gasteiger partial charge on any atom is 0.270 e. The Bertz CT molecular complexity index is 758. The molecule has 0 saturated carbocycles. The third-order valence-corrected chi connectivity index (χ3v) is 3.75. The lowest BCUT2D eigenvalue weighted by Crippen LogP contribution is -2.15. The van der Waals surface area contributed by atoms with Gasteiger partial charge in [0.2, 0.25) is 5.91 Å². The fraction of sp³-hybridized carbons (Fsp3) is 0.231.